The minimum atomic E-state index is -0.476. The van der Waals surface area contributed by atoms with Crippen LogP contribution in [0, 0.1) is 0 Å². The lowest BCUT2D eigenvalue weighted by Gasteiger charge is -2.30. The first-order valence-corrected chi connectivity index (χ1v) is 9.51. The van der Waals surface area contributed by atoms with Crippen molar-refractivity contribution in [3.05, 3.63) is 42.7 Å². The van der Waals surface area contributed by atoms with Crippen molar-refractivity contribution in [1.82, 2.24) is 10.3 Å². The van der Waals surface area contributed by atoms with E-state index in [1.54, 1.807) is 0 Å². The Labute approximate surface area is 160 Å². The molecule has 0 radical (unpaired) electrons. The van der Waals surface area contributed by atoms with Crippen molar-refractivity contribution in [3.8, 4) is 5.75 Å². The van der Waals surface area contributed by atoms with Gasteiger partial charge in [0.15, 0.2) is 0 Å². The summed E-state index contributed by atoms with van der Waals surface area (Å²) in [6.07, 6.45) is 8.80. The van der Waals surface area contributed by atoms with Gasteiger partial charge >= 0.3 is 6.09 Å². The quantitative estimate of drug-likeness (QED) is 0.816. The van der Waals surface area contributed by atoms with E-state index in [1.165, 1.54) is 0 Å². The van der Waals surface area contributed by atoms with Gasteiger partial charge in [0.2, 0.25) is 0 Å². The van der Waals surface area contributed by atoms with E-state index in [4.69, 9.17) is 9.47 Å². The van der Waals surface area contributed by atoms with Gasteiger partial charge in [-0.05, 0) is 52.5 Å². The molecule has 0 unspecified atom stereocenters. The van der Waals surface area contributed by atoms with Gasteiger partial charge in [0.25, 0.3) is 0 Å². The molecule has 3 rings (SSSR count). The second-order valence-corrected chi connectivity index (χ2v) is 8.02. The van der Waals surface area contributed by atoms with Gasteiger partial charge in [-0.15, -0.1) is 0 Å². The molecule has 1 amide bonds. The summed E-state index contributed by atoms with van der Waals surface area (Å²) in [5.74, 6) is 0.869. The molecule has 0 atom stereocenters. The van der Waals surface area contributed by atoms with E-state index in [0.29, 0.717) is 0 Å². The highest BCUT2D eigenvalue weighted by molar-refractivity contribution is 5.94. The van der Waals surface area contributed by atoms with E-state index in [1.807, 2.05) is 57.4 Å². The summed E-state index contributed by atoms with van der Waals surface area (Å²) in [7, 11) is 0. The lowest BCUT2D eigenvalue weighted by molar-refractivity contribution is 0.0471. The zero-order chi connectivity index (χ0) is 19.4. The van der Waals surface area contributed by atoms with Gasteiger partial charge in [0.1, 0.15) is 11.4 Å². The van der Waals surface area contributed by atoms with Crippen molar-refractivity contribution < 1.29 is 14.3 Å². The van der Waals surface area contributed by atoms with Crippen molar-refractivity contribution in [2.24, 2.45) is 0 Å². The summed E-state index contributed by atoms with van der Waals surface area (Å²) in [5.41, 5.74) is 0.500. The second kappa shape index (κ2) is 7.99. The van der Waals surface area contributed by atoms with Crippen LogP contribution in [0.5, 0.6) is 5.75 Å². The summed E-state index contributed by atoms with van der Waals surface area (Å²) >= 11 is 0. The Morgan fingerprint density at radius 3 is 2.63 bits per heavy atom. The van der Waals surface area contributed by atoms with Crippen molar-refractivity contribution in [2.75, 3.05) is 0 Å². The van der Waals surface area contributed by atoms with Gasteiger partial charge in [-0.3, -0.25) is 4.98 Å². The number of nitrogens with zero attached hydrogens (tertiary/aromatic N) is 1. The average molecular weight is 368 g/mol. The van der Waals surface area contributed by atoms with Gasteiger partial charge in [-0.25, -0.2) is 4.79 Å². The second-order valence-electron chi connectivity index (χ2n) is 8.02. The SMILES string of the molecule is C=Cc1cncc2cccc(O[C@H]3CC[C@H](NC(=O)OC(C)(C)C)CC3)c12. The Hall–Kier alpha value is -2.56. The van der Waals surface area contributed by atoms with E-state index in [2.05, 4.69) is 16.9 Å². The fraction of sp³-hybridized carbons (Fsp3) is 0.455. The van der Waals surface area contributed by atoms with Crippen LogP contribution in [0.2, 0.25) is 0 Å². The van der Waals surface area contributed by atoms with Crippen molar-refractivity contribution >= 4 is 22.9 Å². The van der Waals surface area contributed by atoms with Crippen LogP contribution < -0.4 is 10.1 Å². The number of amides is 1. The maximum atomic E-state index is 11.9. The van der Waals surface area contributed by atoms with Crippen LogP contribution in [0.1, 0.15) is 52.0 Å². The van der Waals surface area contributed by atoms with Gasteiger partial charge in [0, 0.05) is 34.8 Å². The molecule has 0 spiro atoms. The average Bonchev–Trinajstić information content (AvgIpc) is 2.61. The molecule has 0 bridgehead atoms. The van der Waals surface area contributed by atoms with Crippen LogP contribution in [-0.2, 0) is 4.74 Å². The lowest BCUT2D eigenvalue weighted by Crippen LogP contribution is -2.42. The van der Waals surface area contributed by atoms with Crippen LogP contribution in [0.25, 0.3) is 16.8 Å². The number of nitrogens with one attached hydrogen (secondary N) is 1. The molecule has 0 aliphatic heterocycles. The molecule has 27 heavy (non-hydrogen) atoms. The first-order valence-electron chi connectivity index (χ1n) is 9.51. The summed E-state index contributed by atoms with van der Waals surface area (Å²) in [6.45, 7) is 9.49. The number of alkyl carbamates (subject to hydrolysis) is 1. The molecule has 1 fully saturated rings. The van der Waals surface area contributed by atoms with Crippen LogP contribution in [0.3, 0.4) is 0 Å². The molecule has 1 aromatic carbocycles. The maximum Gasteiger partial charge on any atom is 0.407 e. The topological polar surface area (TPSA) is 60.5 Å². The van der Waals surface area contributed by atoms with Gasteiger partial charge in [-0.1, -0.05) is 24.8 Å². The standard InChI is InChI=1S/C22H28N2O3/c1-5-15-13-23-14-16-7-6-8-19(20(15)16)26-18-11-9-17(10-12-18)24-21(25)27-22(2,3)4/h5-8,13-14,17-18H,1,9-12H2,2-4H3,(H,24,25)/t17-,18-. The van der Waals surface area contributed by atoms with E-state index >= 15 is 0 Å². The van der Waals surface area contributed by atoms with Crippen molar-refractivity contribution in [2.45, 2.75) is 64.2 Å². The smallest absolute Gasteiger partial charge is 0.407 e. The number of hydrogen-bond acceptors (Lipinski definition) is 4. The number of pyridine rings is 1. The number of carbonyl (C=O) groups excluding carboxylic acids is 1. The molecule has 1 aromatic heterocycles. The minimum absolute atomic E-state index is 0.137. The van der Waals surface area contributed by atoms with E-state index in [0.717, 1.165) is 47.8 Å². The molecule has 1 N–H and O–H groups in total. The van der Waals surface area contributed by atoms with E-state index in [-0.39, 0.29) is 18.2 Å². The Morgan fingerprint density at radius 1 is 1.22 bits per heavy atom. The third kappa shape index (κ3) is 5.00. The maximum absolute atomic E-state index is 11.9. The largest absolute Gasteiger partial charge is 0.490 e. The van der Waals surface area contributed by atoms with Crippen molar-refractivity contribution in [1.29, 1.82) is 0 Å². The number of ether oxygens (including phenoxy) is 2. The fourth-order valence-corrected chi connectivity index (χ4v) is 3.46. The summed E-state index contributed by atoms with van der Waals surface area (Å²) < 4.78 is 11.7. The number of hydrogen-bond donors (Lipinski definition) is 1. The number of benzene rings is 1. The van der Waals surface area contributed by atoms with E-state index in [9.17, 15) is 4.79 Å². The van der Waals surface area contributed by atoms with Crippen LogP contribution in [0.4, 0.5) is 4.79 Å². The summed E-state index contributed by atoms with van der Waals surface area (Å²) in [5, 5.41) is 5.07. The summed E-state index contributed by atoms with van der Waals surface area (Å²) in [6, 6.07) is 6.16. The zero-order valence-corrected chi connectivity index (χ0v) is 16.3. The molecular formula is C22H28N2O3. The van der Waals surface area contributed by atoms with Crippen LogP contribution >= 0.6 is 0 Å². The molecule has 1 saturated carbocycles. The van der Waals surface area contributed by atoms with Crippen LogP contribution in [0.15, 0.2) is 37.2 Å². The van der Waals surface area contributed by atoms with Gasteiger partial charge < -0.3 is 14.8 Å². The Kier molecular flexibility index (Phi) is 5.68. The fourth-order valence-electron chi connectivity index (χ4n) is 3.46. The highest BCUT2D eigenvalue weighted by Gasteiger charge is 2.26. The third-order valence-electron chi connectivity index (χ3n) is 4.68. The highest BCUT2D eigenvalue weighted by Crippen LogP contribution is 2.32. The van der Waals surface area contributed by atoms with E-state index < -0.39 is 5.60 Å². The molecular weight excluding hydrogens is 340 g/mol. The molecule has 5 nitrogen and oxygen atoms in total. The van der Waals surface area contributed by atoms with Crippen LogP contribution in [-0.4, -0.2) is 28.8 Å². The van der Waals surface area contributed by atoms with Gasteiger partial charge in [0.05, 0.1) is 6.10 Å². The molecule has 144 valence electrons. The monoisotopic (exact) mass is 368 g/mol. The first-order chi connectivity index (χ1) is 12.9. The molecule has 1 aliphatic carbocycles. The molecule has 0 saturated heterocycles. The predicted molar refractivity (Wildman–Crippen MR) is 108 cm³/mol. The number of aromatic nitrogens is 1. The third-order valence-corrected chi connectivity index (χ3v) is 4.68. The predicted octanol–water partition coefficient (Wildman–Crippen LogP) is 5.09. The number of fused-ring (bicyclic) bond motifs is 1. The Balaban J connectivity index is 1.61. The Morgan fingerprint density at radius 2 is 1.96 bits per heavy atom. The molecule has 2 aromatic rings. The Bertz CT molecular complexity index is 813. The normalized spacial score (nSPS) is 20.1. The number of carbonyl (C=O) groups is 1. The highest BCUT2D eigenvalue weighted by atomic mass is 16.6. The van der Waals surface area contributed by atoms with Gasteiger partial charge in [-0.2, -0.15) is 0 Å². The zero-order valence-electron chi connectivity index (χ0n) is 16.3. The minimum Gasteiger partial charge on any atom is -0.490 e. The first kappa shape index (κ1) is 19.2. The molecule has 5 heteroatoms. The lowest BCUT2D eigenvalue weighted by atomic mass is 9.93. The molecule has 1 heterocycles. The summed E-state index contributed by atoms with van der Waals surface area (Å²) in [4.78, 5) is 16.2. The molecule has 1 aliphatic rings. The van der Waals surface area contributed by atoms with Crippen molar-refractivity contribution in [3.63, 3.8) is 0 Å². The number of rotatable bonds is 4.